The van der Waals surface area contributed by atoms with Crippen LogP contribution in [-0.4, -0.2) is 35.4 Å². The molecule has 0 aliphatic carbocycles. The Morgan fingerprint density at radius 3 is 3.00 bits per heavy atom. The zero-order chi connectivity index (χ0) is 17.2. The lowest BCUT2D eigenvalue weighted by molar-refractivity contribution is 0.0942. The van der Waals surface area contributed by atoms with Crippen LogP contribution in [-0.2, 0) is 6.54 Å². The summed E-state index contributed by atoms with van der Waals surface area (Å²) in [6.45, 7) is 5.59. The third kappa shape index (κ3) is 3.33. The summed E-state index contributed by atoms with van der Waals surface area (Å²) in [5.41, 5.74) is 2.70. The molecule has 0 radical (unpaired) electrons. The molecule has 4 rings (SSSR count). The van der Waals surface area contributed by atoms with Crippen LogP contribution in [0.2, 0.25) is 0 Å². The molecule has 1 atom stereocenters. The lowest BCUT2D eigenvalue weighted by Gasteiger charge is -2.15. The van der Waals surface area contributed by atoms with Crippen LogP contribution in [0.1, 0.15) is 28.2 Å². The highest BCUT2D eigenvalue weighted by Gasteiger charge is 2.24. The number of aryl methyl sites for hydroxylation is 1. The first-order chi connectivity index (χ1) is 12.2. The second-order valence-corrected chi connectivity index (χ2v) is 6.85. The molecule has 5 nitrogen and oxygen atoms in total. The fourth-order valence-electron chi connectivity index (χ4n) is 3.68. The maximum Gasteiger partial charge on any atom is 0.268 e. The average molecular weight is 337 g/mol. The van der Waals surface area contributed by atoms with Crippen molar-refractivity contribution in [3.8, 4) is 0 Å². The number of nitrogens with one attached hydrogen (secondary N) is 2. The fraction of sp³-hybridized carbons (Fsp3) is 0.350. The number of hydrogen-bond donors (Lipinski definition) is 2. The third-order valence-corrected chi connectivity index (χ3v) is 5.07. The van der Waals surface area contributed by atoms with Gasteiger partial charge in [0.15, 0.2) is 0 Å². The van der Waals surface area contributed by atoms with Gasteiger partial charge in [0.05, 0.1) is 12.8 Å². The van der Waals surface area contributed by atoms with Gasteiger partial charge >= 0.3 is 0 Å². The molecular formula is C20H23N3O2. The first-order valence-corrected chi connectivity index (χ1v) is 8.81. The molecule has 25 heavy (non-hydrogen) atoms. The summed E-state index contributed by atoms with van der Waals surface area (Å²) in [6, 6.07) is 12.0. The highest BCUT2D eigenvalue weighted by Crippen LogP contribution is 2.22. The molecule has 3 aromatic rings. The van der Waals surface area contributed by atoms with Gasteiger partial charge in [0.25, 0.3) is 5.91 Å². The summed E-state index contributed by atoms with van der Waals surface area (Å²) < 4.78 is 5.41. The normalized spacial score (nSPS) is 18.0. The first-order valence-electron chi connectivity index (χ1n) is 8.81. The highest BCUT2D eigenvalue weighted by atomic mass is 16.3. The molecule has 0 unspecified atom stereocenters. The van der Waals surface area contributed by atoms with E-state index in [0.29, 0.717) is 18.2 Å². The maximum atomic E-state index is 12.6. The molecule has 5 heteroatoms. The van der Waals surface area contributed by atoms with E-state index in [-0.39, 0.29) is 5.91 Å². The van der Waals surface area contributed by atoms with E-state index < -0.39 is 0 Å². The molecule has 1 aliphatic rings. The van der Waals surface area contributed by atoms with Crippen LogP contribution in [0.5, 0.6) is 0 Å². The van der Waals surface area contributed by atoms with E-state index in [4.69, 9.17) is 4.42 Å². The molecule has 0 spiro atoms. The van der Waals surface area contributed by atoms with Crippen molar-refractivity contribution in [1.29, 1.82) is 0 Å². The van der Waals surface area contributed by atoms with Crippen LogP contribution in [0.3, 0.4) is 0 Å². The number of benzene rings is 1. The second kappa shape index (κ2) is 6.76. The Balaban J connectivity index is 1.33. The number of carbonyl (C=O) groups is 1. The molecule has 1 aromatic carbocycles. The number of carbonyl (C=O) groups excluding carboxylic acids is 1. The summed E-state index contributed by atoms with van der Waals surface area (Å²) in [5.74, 6) is 1.47. The zero-order valence-corrected chi connectivity index (χ0v) is 14.4. The summed E-state index contributed by atoms with van der Waals surface area (Å²) in [6.07, 6.45) is 2.82. The Morgan fingerprint density at radius 2 is 2.20 bits per heavy atom. The summed E-state index contributed by atoms with van der Waals surface area (Å²) in [5, 5.41) is 4.21. The summed E-state index contributed by atoms with van der Waals surface area (Å²) in [4.78, 5) is 18.2. The quantitative estimate of drug-likeness (QED) is 0.751. The minimum absolute atomic E-state index is 0.0156. The molecule has 2 N–H and O–H groups in total. The number of furan rings is 1. The number of H-pyrrole nitrogens is 1. The molecule has 0 saturated carbocycles. The minimum Gasteiger partial charge on any atom is -0.468 e. The number of fused-ring (bicyclic) bond motifs is 1. The molecule has 1 aliphatic heterocycles. The maximum absolute atomic E-state index is 12.6. The van der Waals surface area contributed by atoms with E-state index in [2.05, 4.69) is 15.2 Å². The molecule has 1 amide bonds. The molecule has 1 fully saturated rings. The van der Waals surface area contributed by atoms with Crippen molar-refractivity contribution < 1.29 is 9.21 Å². The Morgan fingerprint density at radius 1 is 1.32 bits per heavy atom. The Hall–Kier alpha value is -2.53. The van der Waals surface area contributed by atoms with Crippen LogP contribution < -0.4 is 5.32 Å². The van der Waals surface area contributed by atoms with Gasteiger partial charge in [0, 0.05) is 24.0 Å². The van der Waals surface area contributed by atoms with Crippen molar-refractivity contribution in [3.63, 3.8) is 0 Å². The number of para-hydroxylation sites is 1. The molecule has 2 aromatic heterocycles. The SMILES string of the molecule is Cc1c(C(=O)NC[C@H]2CCN(Cc3ccco3)C2)[nH]c2ccccc12. The average Bonchev–Trinajstić information content (AvgIpc) is 3.35. The number of nitrogens with zero attached hydrogens (tertiary/aromatic N) is 1. The van der Waals surface area contributed by atoms with E-state index in [1.807, 2.05) is 43.3 Å². The number of aromatic nitrogens is 1. The van der Waals surface area contributed by atoms with Crippen LogP contribution >= 0.6 is 0 Å². The fourth-order valence-corrected chi connectivity index (χ4v) is 3.68. The van der Waals surface area contributed by atoms with Gasteiger partial charge in [0.2, 0.25) is 0 Å². The van der Waals surface area contributed by atoms with Crippen molar-refractivity contribution in [1.82, 2.24) is 15.2 Å². The van der Waals surface area contributed by atoms with E-state index in [9.17, 15) is 4.79 Å². The van der Waals surface area contributed by atoms with Crippen LogP contribution in [0.15, 0.2) is 47.1 Å². The third-order valence-electron chi connectivity index (χ3n) is 5.07. The van der Waals surface area contributed by atoms with Gasteiger partial charge in [-0.05, 0) is 49.6 Å². The van der Waals surface area contributed by atoms with Crippen molar-refractivity contribution in [3.05, 3.63) is 59.7 Å². The smallest absolute Gasteiger partial charge is 0.268 e. The van der Waals surface area contributed by atoms with Gasteiger partial charge in [-0.25, -0.2) is 0 Å². The lowest BCUT2D eigenvalue weighted by atomic mass is 10.1. The minimum atomic E-state index is -0.0156. The Bertz CT molecular complexity index is 866. The molecular weight excluding hydrogens is 314 g/mol. The predicted octanol–water partition coefficient (Wildman–Crippen LogP) is 3.32. The van der Waals surface area contributed by atoms with E-state index >= 15 is 0 Å². The second-order valence-electron chi connectivity index (χ2n) is 6.85. The van der Waals surface area contributed by atoms with Crippen molar-refractivity contribution >= 4 is 16.8 Å². The largest absolute Gasteiger partial charge is 0.468 e. The van der Waals surface area contributed by atoms with E-state index in [1.165, 1.54) is 0 Å². The predicted molar refractivity (Wildman–Crippen MR) is 97.5 cm³/mol. The van der Waals surface area contributed by atoms with Crippen LogP contribution in [0.25, 0.3) is 10.9 Å². The van der Waals surface area contributed by atoms with E-state index in [0.717, 1.165) is 48.3 Å². The van der Waals surface area contributed by atoms with E-state index in [1.54, 1.807) is 6.26 Å². The van der Waals surface area contributed by atoms with Gasteiger partial charge < -0.3 is 14.7 Å². The lowest BCUT2D eigenvalue weighted by Crippen LogP contribution is -2.31. The Labute approximate surface area is 147 Å². The topological polar surface area (TPSA) is 61.3 Å². The summed E-state index contributed by atoms with van der Waals surface area (Å²) in [7, 11) is 0. The molecule has 0 bridgehead atoms. The number of amides is 1. The van der Waals surface area contributed by atoms with Crippen LogP contribution in [0, 0.1) is 12.8 Å². The van der Waals surface area contributed by atoms with Gasteiger partial charge in [-0.3, -0.25) is 9.69 Å². The van der Waals surface area contributed by atoms with Crippen molar-refractivity contribution in [2.24, 2.45) is 5.92 Å². The number of aromatic amines is 1. The standard InChI is InChI=1S/C20H23N3O2/c1-14-17-6-2-3-7-18(17)22-19(14)20(24)21-11-15-8-9-23(12-15)13-16-5-4-10-25-16/h2-7,10,15,22H,8-9,11-13H2,1H3,(H,21,24)/t15-/m1/s1. The highest BCUT2D eigenvalue weighted by molar-refractivity contribution is 6.00. The molecule has 1 saturated heterocycles. The van der Waals surface area contributed by atoms with Gasteiger partial charge in [-0.15, -0.1) is 0 Å². The number of likely N-dealkylation sites (tertiary alicyclic amines) is 1. The number of rotatable bonds is 5. The van der Waals surface area contributed by atoms with Gasteiger partial charge in [-0.1, -0.05) is 18.2 Å². The first kappa shape index (κ1) is 16.0. The molecule has 130 valence electrons. The van der Waals surface area contributed by atoms with Crippen molar-refractivity contribution in [2.75, 3.05) is 19.6 Å². The van der Waals surface area contributed by atoms with Gasteiger partial charge in [-0.2, -0.15) is 0 Å². The monoisotopic (exact) mass is 337 g/mol. The molecule has 3 heterocycles. The summed E-state index contributed by atoms with van der Waals surface area (Å²) >= 11 is 0. The van der Waals surface area contributed by atoms with Crippen molar-refractivity contribution in [2.45, 2.75) is 19.9 Å². The zero-order valence-electron chi connectivity index (χ0n) is 14.4. The van der Waals surface area contributed by atoms with Crippen LogP contribution in [0.4, 0.5) is 0 Å². The van der Waals surface area contributed by atoms with Gasteiger partial charge in [0.1, 0.15) is 11.5 Å². The Kier molecular flexibility index (Phi) is 4.32. The number of hydrogen-bond acceptors (Lipinski definition) is 3.